The second-order valence-electron chi connectivity index (χ2n) is 4.38. The first-order chi connectivity index (χ1) is 9.40. The number of alkyl halides is 2. The second-order valence-corrected chi connectivity index (χ2v) is 5.23. The molecule has 0 aliphatic heterocycles. The van der Waals surface area contributed by atoms with Crippen LogP contribution in [0.4, 0.5) is 8.78 Å². The number of carbonyl (C=O) groups is 1. The van der Waals surface area contributed by atoms with Crippen molar-refractivity contribution in [3.63, 3.8) is 0 Å². The number of aromatic hydroxyl groups is 1. The SMILES string of the molecule is O=C(Cl)c1cc(CC2=CC=CC(Cl)C2F)c(O)cc1F. The Bertz CT molecular complexity index is 611. The van der Waals surface area contributed by atoms with E-state index >= 15 is 0 Å². The summed E-state index contributed by atoms with van der Waals surface area (Å²) < 4.78 is 27.3. The number of phenolic OH excluding ortho intramolecular Hbond substituents is 1. The Morgan fingerprint density at radius 3 is 2.75 bits per heavy atom. The van der Waals surface area contributed by atoms with E-state index in [0.29, 0.717) is 5.57 Å². The Kier molecular flexibility index (Phi) is 4.45. The lowest BCUT2D eigenvalue weighted by Gasteiger charge is -2.19. The third-order valence-electron chi connectivity index (χ3n) is 3.01. The molecule has 6 heteroatoms. The van der Waals surface area contributed by atoms with E-state index in [2.05, 4.69) is 0 Å². The van der Waals surface area contributed by atoms with Crippen LogP contribution in [0.15, 0.2) is 35.9 Å². The minimum atomic E-state index is -1.40. The van der Waals surface area contributed by atoms with Crippen LogP contribution in [0.5, 0.6) is 5.75 Å². The van der Waals surface area contributed by atoms with Crippen LogP contribution in [0.2, 0.25) is 0 Å². The van der Waals surface area contributed by atoms with Crippen LogP contribution >= 0.6 is 23.2 Å². The van der Waals surface area contributed by atoms with Crippen molar-refractivity contribution in [3.8, 4) is 5.75 Å². The van der Waals surface area contributed by atoms with Crippen LogP contribution in [0.1, 0.15) is 15.9 Å². The summed E-state index contributed by atoms with van der Waals surface area (Å²) in [5, 5.41) is 7.92. The van der Waals surface area contributed by atoms with E-state index in [1.807, 2.05) is 0 Å². The molecule has 0 fully saturated rings. The zero-order valence-corrected chi connectivity index (χ0v) is 11.6. The third kappa shape index (κ3) is 3.02. The number of carbonyl (C=O) groups excluding carboxylic acids is 1. The molecule has 1 aliphatic carbocycles. The molecule has 0 heterocycles. The molecule has 1 aliphatic rings. The van der Waals surface area contributed by atoms with Gasteiger partial charge in [0.05, 0.1) is 10.9 Å². The fourth-order valence-electron chi connectivity index (χ4n) is 1.96. The quantitative estimate of drug-likeness (QED) is 0.678. The van der Waals surface area contributed by atoms with Gasteiger partial charge >= 0.3 is 0 Å². The summed E-state index contributed by atoms with van der Waals surface area (Å²) in [5.74, 6) is -1.28. The number of benzene rings is 1. The summed E-state index contributed by atoms with van der Waals surface area (Å²) in [6, 6.07) is 1.91. The van der Waals surface area contributed by atoms with Gasteiger partial charge in [-0.05, 0) is 28.8 Å². The topological polar surface area (TPSA) is 37.3 Å². The zero-order valence-electron chi connectivity index (χ0n) is 10.1. The maximum Gasteiger partial charge on any atom is 0.255 e. The van der Waals surface area contributed by atoms with Crippen molar-refractivity contribution >= 4 is 28.4 Å². The third-order valence-corrected chi connectivity index (χ3v) is 3.58. The molecule has 0 radical (unpaired) electrons. The molecule has 2 rings (SSSR count). The van der Waals surface area contributed by atoms with Crippen LogP contribution in [0, 0.1) is 5.82 Å². The van der Waals surface area contributed by atoms with Gasteiger partial charge in [0.1, 0.15) is 17.7 Å². The van der Waals surface area contributed by atoms with Crippen molar-refractivity contribution in [1.82, 2.24) is 0 Å². The molecule has 106 valence electrons. The van der Waals surface area contributed by atoms with Gasteiger partial charge in [-0.2, -0.15) is 0 Å². The summed E-state index contributed by atoms with van der Waals surface area (Å²) in [7, 11) is 0. The lowest BCUT2D eigenvalue weighted by Crippen LogP contribution is -2.20. The van der Waals surface area contributed by atoms with Gasteiger partial charge < -0.3 is 5.11 Å². The molecular formula is C14H10Cl2F2O2. The number of hydrogen-bond donors (Lipinski definition) is 1. The van der Waals surface area contributed by atoms with Gasteiger partial charge in [-0.25, -0.2) is 8.78 Å². The monoisotopic (exact) mass is 318 g/mol. The number of phenols is 1. The Morgan fingerprint density at radius 2 is 2.10 bits per heavy atom. The van der Waals surface area contributed by atoms with Crippen molar-refractivity contribution in [2.45, 2.75) is 18.0 Å². The molecule has 1 aromatic rings. The lowest BCUT2D eigenvalue weighted by atomic mass is 9.94. The average molecular weight is 319 g/mol. The fourth-order valence-corrected chi connectivity index (χ4v) is 2.35. The highest BCUT2D eigenvalue weighted by Crippen LogP contribution is 2.30. The van der Waals surface area contributed by atoms with E-state index in [1.54, 1.807) is 6.08 Å². The molecule has 0 aromatic heterocycles. The smallest absolute Gasteiger partial charge is 0.255 e. The Balaban J connectivity index is 2.34. The van der Waals surface area contributed by atoms with Crippen molar-refractivity contribution in [2.75, 3.05) is 0 Å². The molecule has 2 atom stereocenters. The summed E-state index contributed by atoms with van der Waals surface area (Å²) >= 11 is 11.0. The van der Waals surface area contributed by atoms with Gasteiger partial charge in [0, 0.05) is 12.5 Å². The van der Waals surface area contributed by atoms with E-state index in [0.717, 1.165) is 12.1 Å². The van der Waals surface area contributed by atoms with Crippen molar-refractivity contribution in [2.24, 2.45) is 0 Å². The van der Waals surface area contributed by atoms with Crippen molar-refractivity contribution in [3.05, 3.63) is 52.9 Å². The minimum Gasteiger partial charge on any atom is -0.508 e. The van der Waals surface area contributed by atoms with Crippen LogP contribution in [0.3, 0.4) is 0 Å². The first kappa shape index (κ1) is 15.0. The van der Waals surface area contributed by atoms with Gasteiger partial charge in [-0.15, -0.1) is 11.6 Å². The van der Waals surface area contributed by atoms with Crippen LogP contribution < -0.4 is 0 Å². The lowest BCUT2D eigenvalue weighted by molar-refractivity contribution is 0.107. The maximum absolute atomic E-state index is 13.9. The van der Waals surface area contributed by atoms with Gasteiger partial charge in [0.25, 0.3) is 5.24 Å². The Hall–Kier alpha value is -1.39. The molecule has 1 N–H and O–H groups in total. The molecule has 0 spiro atoms. The standard InChI is InChI=1S/C14H10Cl2F2O2/c15-10-3-1-2-7(13(10)18)4-8-5-9(14(16)20)11(17)6-12(8)19/h1-3,5-6,10,13,19H,4H2. The molecule has 1 aromatic carbocycles. The predicted octanol–water partition coefficient (Wildman–Crippen LogP) is 3.89. The van der Waals surface area contributed by atoms with E-state index in [4.69, 9.17) is 23.2 Å². The van der Waals surface area contributed by atoms with Gasteiger partial charge in [-0.1, -0.05) is 18.2 Å². The molecule has 2 unspecified atom stereocenters. The number of halogens is 4. The minimum absolute atomic E-state index is 0.0119. The number of hydrogen-bond acceptors (Lipinski definition) is 2. The highest BCUT2D eigenvalue weighted by Gasteiger charge is 2.24. The Labute approximate surface area is 124 Å². The molecule has 0 saturated heterocycles. The molecule has 0 saturated carbocycles. The summed E-state index contributed by atoms with van der Waals surface area (Å²) in [4.78, 5) is 11.1. The molecule has 0 amide bonds. The predicted molar refractivity (Wildman–Crippen MR) is 73.7 cm³/mol. The molecule has 20 heavy (non-hydrogen) atoms. The van der Waals surface area contributed by atoms with Gasteiger partial charge in [-0.3, -0.25) is 4.79 Å². The average Bonchev–Trinajstić information content (AvgIpc) is 2.37. The number of allylic oxidation sites excluding steroid dienone is 4. The van der Waals surface area contributed by atoms with Gasteiger partial charge in [0.15, 0.2) is 0 Å². The number of rotatable bonds is 3. The zero-order chi connectivity index (χ0) is 14.9. The first-order valence-electron chi connectivity index (χ1n) is 5.76. The summed E-state index contributed by atoms with van der Waals surface area (Å²) in [5.41, 5.74) is 0.190. The van der Waals surface area contributed by atoms with Crippen LogP contribution in [0.25, 0.3) is 0 Å². The highest BCUT2D eigenvalue weighted by molar-refractivity contribution is 6.67. The van der Waals surface area contributed by atoms with Crippen LogP contribution in [-0.2, 0) is 6.42 Å². The fraction of sp³-hybridized carbons (Fsp3) is 0.214. The van der Waals surface area contributed by atoms with Crippen molar-refractivity contribution in [1.29, 1.82) is 0 Å². The van der Waals surface area contributed by atoms with E-state index in [-0.39, 0.29) is 23.3 Å². The van der Waals surface area contributed by atoms with E-state index < -0.39 is 22.6 Å². The van der Waals surface area contributed by atoms with E-state index in [9.17, 15) is 18.7 Å². The normalized spacial score (nSPS) is 21.7. The molecule has 0 bridgehead atoms. The molecular weight excluding hydrogens is 309 g/mol. The highest BCUT2D eigenvalue weighted by atomic mass is 35.5. The second kappa shape index (κ2) is 5.94. The van der Waals surface area contributed by atoms with Gasteiger partial charge in [0.2, 0.25) is 0 Å². The largest absolute Gasteiger partial charge is 0.508 e. The summed E-state index contributed by atoms with van der Waals surface area (Å²) in [6.07, 6.45) is 3.26. The maximum atomic E-state index is 13.9. The summed E-state index contributed by atoms with van der Waals surface area (Å²) in [6.45, 7) is 0. The van der Waals surface area contributed by atoms with Crippen molar-refractivity contribution < 1.29 is 18.7 Å². The first-order valence-corrected chi connectivity index (χ1v) is 6.58. The van der Waals surface area contributed by atoms with Crippen LogP contribution in [-0.4, -0.2) is 21.9 Å². The van der Waals surface area contributed by atoms with E-state index in [1.165, 1.54) is 12.2 Å². The molecule has 2 nitrogen and oxygen atoms in total. The Morgan fingerprint density at radius 1 is 1.40 bits per heavy atom.